The van der Waals surface area contributed by atoms with E-state index in [4.69, 9.17) is 4.74 Å². The van der Waals surface area contributed by atoms with E-state index in [0.717, 1.165) is 26.1 Å². The lowest BCUT2D eigenvalue weighted by Gasteiger charge is -2.30. The first kappa shape index (κ1) is 14.4. The Hall–Kier alpha value is -1.06. The van der Waals surface area contributed by atoms with Crippen molar-refractivity contribution in [3.05, 3.63) is 29.3 Å². The van der Waals surface area contributed by atoms with Crippen molar-refractivity contribution in [3.63, 3.8) is 0 Å². The minimum absolute atomic E-state index is 0.325. The normalized spacial score (nSPS) is 22.7. The van der Waals surface area contributed by atoms with Gasteiger partial charge >= 0.3 is 0 Å². The number of aryl methyl sites for hydroxylation is 1. The summed E-state index contributed by atoms with van der Waals surface area (Å²) >= 11 is 0. The van der Waals surface area contributed by atoms with Crippen molar-refractivity contribution in [2.45, 2.75) is 45.9 Å². The maximum Gasteiger partial charge on any atom is 0.0750 e. The van der Waals surface area contributed by atoms with Crippen LogP contribution in [0.1, 0.15) is 31.4 Å². The molecule has 1 aromatic rings. The third kappa shape index (κ3) is 3.28. The second kappa shape index (κ2) is 6.40. The van der Waals surface area contributed by atoms with Gasteiger partial charge in [0.2, 0.25) is 0 Å². The molecule has 1 N–H and O–H groups in total. The molecule has 0 amide bonds. The van der Waals surface area contributed by atoms with Crippen LogP contribution in [0.5, 0.6) is 0 Å². The molecule has 1 aliphatic rings. The second-order valence-electron chi connectivity index (χ2n) is 5.44. The van der Waals surface area contributed by atoms with Gasteiger partial charge in [-0.3, -0.25) is 0 Å². The first-order valence-corrected chi connectivity index (χ1v) is 7.28. The van der Waals surface area contributed by atoms with Gasteiger partial charge in [0, 0.05) is 25.9 Å². The third-order valence-corrected chi connectivity index (χ3v) is 4.05. The van der Waals surface area contributed by atoms with Crippen LogP contribution >= 0.6 is 0 Å². The van der Waals surface area contributed by atoms with Crippen molar-refractivity contribution in [1.29, 1.82) is 0 Å². The van der Waals surface area contributed by atoms with Crippen molar-refractivity contribution in [1.82, 2.24) is 5.32 Å². The van der Waals surface area contributed by atoms with Gasteiger partial charge in [-0.25, -0.2) is 0 Å². The number of anilines is 1. The molecule has 106 valence electrons. The van der Waals surface area contributed by atoms with Gasteiger partial charge in [0.25, 0.3) is 0 Å². The Bertz CT molecular complexity index is 419. The molecule has 1 aliphatic heterocycles. The molecule has 1 aromatic carbocycles. The quantitative estimate of drug-likeness (QED) is 0.883. The molecule has 2 atom stereocenters. The number of hydrogen-bond acceptors (Lipinski definition) is 3. The van der Waals surface area contributed by atoms with Crippen LogP contribution in [0.25, 0.3) is 0 Å². The van der Waals surface area contributed by atoms with E-state index in [9.17, 15) is 0 Å². The van der Waals surface area contributed by atoms with E-state index in [1.54, 1.807) is 0 Å². The number of likely N-dealkylation sites (N-methyl/N-ethyl adjacent to an activating group) is 1. The Morgan fingerprint density at radius 1 is 1.42 bits per heavy atom. The number of rotatable bonds is 5. The standard InChI is InChI=1S/C16H26N2O/c1-5-17-11-14-6-7-15(12(2)10-14)18(4)16-8-9-19-13(16)3/h6-7,10,13,16-17H,5,8-9,11H2,1-4H3. The zero-order chi connectivity index (χ0) is 13.8. The molecule has 19 heavy (non-hydrogen) atoms. The van der Waals surface area contributed by atoms with Crippen LogP contribution < -0.4 is 10.2 Å². The lowest BCUT2D eigenvalue weighted by molar-refractivity contribution is 0.118. The Labute approximate surface area is 116 Å². The van der Waals surface area contributed by atoms with Crippen LogP contribution in [-0.2, 0) is 11.3 Å². The van der Waals surface area contributed by atoms with Gasteiger partial charge in [0.05, 0.1) is 12.1 Å². The maximum absolute atomic E-state index is 5.67. The molecule has 0 radical (unpaired) electrons. The SMILES string of the molecule is CCNCc1ccc(N(C)C2CCOC2C)c(C)c1. The molecule has 0 aliphatic carbocycles. The highest BCUT2D eigenvalue weighted by Gasteiger charge is 2.28. The van der Waals surface area contributed by atoms with Crippen molar-refractivity contribution >= 4 is 5.69 Å². The third-order valence-electron chi connectivity index (χ3n) is 4.05. The van der Waals surface area contributed by atoms with Gasteiger partial charge in [0.15, 0.2) is 0 Å². The molecule has 3 heteroatoms. The van der Waals surface area contributed by atoms with Crippen LogP contribution in [0.4, 0.5) is 5.69 Å². The molecule has 1 fully saturated rings. The van der Waals surface area contributed by atoms with Crippen molar-refractivity contribution in [2.75, 3.05) is 25.1 Å². The predicted octanol–water partition coefficient (Wildman–Crippen LogP) is 2.72. The number of hydrogen-bond donors (Lipinski definition) is 1. The van der Waals surface area contributed by atoms with E-state index in [2.05, 4.69) is 56.2 Å². The van der Waals surface area contributed by atoms with Crippen LogP contribution in [-0.4, -0.2) is 32.3 Å². The summed E-state index contributed by atoms with van der Waals surface area (Å²) in [6, 6.07) is 7.25. The van der Waals surface area contributed by atoms with Crippen LogP contribution in [0.3, 0.4) is 0 Å². The van der Waals surface area contributed by atoms with E-state index < -0.39 is 0 Å². The Morgan fingerprint density at radius 3 is 2.79 bits per heavy atom. The summed E-state index contributed by atoms with van der Waals surface area (Å²) in [6.07, 6.45) is 1.45. The summed E-state index contributed by atoms with van der Waals surface area (Å²) in [6.45, 7) is 9.34. The average molecular weight is 262 g/mol. The highest BCUT2D eigenvalue weighted by Crippen LogP contribution is 2.27. The van der Waals surface area contributed by atoms with E-state index in [1.807, 2.05) is 0 Å². The zero-order valence-corrected chi connectivity index (χ0v) is 12.6. The molecule has 0 bridgehead atoms. The van der Waals surface area contributed by atoms with E-state index in [0.29, 0.717) is 12.1 Å². The highest BCUT2D eigenvalue weighted by molar-refractivity contribution is 5.55. The fraction of sp³-hybridized carbons (Fsp3) is 0.625. The number of nitrogens with zero attached hydrogens (tertiary/aromatic N) is 1. The molecular formula is C16H26N2O. The van der Waals surface area contributed by atoms with Gasteiger partial charge < -0.3 is 15.0 Å². The first-order chi connectivity index (χ1) is 9.13. The molecule has 0 spiro atoms. The minimum atomic E-state index is 0.325. The molecule has 1 heterocycles. The van der Waals surface area contributed by atoms with Crippen LogP contribution in [0, 0.1) is 6.92 Å². The number of benzene rings is 1. The second-order valence-corrected chi connectivity index (χ2v) is 5.44. The molecule has 2 unspecified atom stereocenters. The first-order valence-electron chi connectivity index (χ1n) is 7.28. The molecule has 0 saturated carbocycles. The summed E-state index contributed by atoms with van der Waals surface area (Å²) in [5, 5.41) is 3.37. The molecule has 1 saturated heterocycles. The average Bonchev–Trinajstić information content (AvgIpc) is 2.82. The lowest BCUT2D eigenvalue weighted by Crippen LogP contribution is -2.37. The Balaban J connectivity index is 2.11. The van der Waals surface area contributed by atoms with Gasteiger partial charge in [0.1, 0.15) is 0 Å². The lowest BCUT2D eigenvalue weighted by atomic mass is 10.1. The number of nitrogens with one attached hydrogen (secondary N) is 1. The van der Waals surface area contributed by atoms with E-state index >= 15 is 0 Å². The van der Waals surface area contributed by atoms with Crippen molar-refractivity contribution in [3.8, 4) is 0 Å². The van der Waals surface area contributed by atoms with Gasteiger partial charge in [-0.2, -0.15) is 0 Å². The molecule has 3 nitrogen and oxygen atoms in total. The fourth-order valence-electron chi connectivity index (χ4n) is 2.90. The number of ether oxygens (including phenoxy) is 1. The van der Waals surface area contributed by atoms with Gasteiger partial charge in [-0.15, -0.1) is 0 Å². The van der Waals surface area contributed by atoms with Gasteiger partial charge in [-0.1, -0.05) is 19.1 Å². The largest absolute Gasteiger partial charge is 0.376 e. The summed E-state index contributed by atoms with van der Waals surface area (Å²) in [4.78, 5) is 2.38. The Morgan fingerprint density at radius 2 is 2.21 bits per heavy atom. The summed E-state index contributed by atoms with van der Waals surface area (Å²) in [5.41, 5.74) is 4.02. The Kier molecular flexibility index (Phi) is 4.83. The van der Waals surface area contributed by atoms with Crippen LogP contribution in [0.2, 0.25) is 0 Å². The fourth-order valence-corrected chi connectivity index (χ4v) is 2.90. The molecular weight excluding hydrogens is 236 g/mol. The highest BCUT2D eigenvalue weighted by atomic mass is 16.5. The van der Waals surface area contributed by atoms with E-state index in [-0.39, 0.29) is 0 Å². The summed E-state index contributed by atoms with van der Waals surface area (Å²) in [7, 11) is 2.18. The summed E-state index contributed by atoms with van der Waals surface area (Å²) < 4.78 is 5.67. The summed E-state index contributed by atoms with van der Waals surface area (Å²) in [5.74, 6) is 0. The smallest absolute Gasteiger partial charge is 0.0750 e. The molecule has 2 rings (SSSR count). The predicted molar refractivity (Wildman–Crippen MR) is 80.8 cm³/mol. The monoisotopic (exact) mass is 262 g/mol. The molecule has 0 aromatic heterocycles. The maximum atomic E-state index is 5.67. The van der Waals surface area contributed by atoms with Crippen LogP contribution in [0.15, 0.2) is 18.2 Å². The van der Waals surface area contributed by atoms with Crippen molar-refractivity contribution in [2.24, 2.45) is 0 Å². The zero-order valence-electron chi connectivity index (χ0n) is 12.6. The van der Waals surface area contributed by atoms with E-state index in [1.165, 1.54) is 16.8 Å². The minimum Gasteiger partial charge on any atom is -0.376 e. The van der Waals surface area contributed by atoms with Gasteiger partial charge in [-0.05, 0) is 44.0 Å². The topological polar surface area (TPSA) is 24.5 Å². The van der Waals surface area contributed by atoms with Crippen molar-refractivity contribution < 1.29 is 4.74 Å².